The number of anilines is 1. The zero-order valence-corrected chi connectivity index (χ0v) is 18.2. The molecule has 0 saturated heterocycles. The first-order valence-electron chi connectivity index (χ1n) is 9.46. The molecular formula is C19H29BrN2O3S. The molecule has 1 atom stereocenters. The lowest BCUT2D eigenvalue weighted by Gasteiger charge is -2.19. The van der Waals surface area contributed by atoms with Crippen LogP contribution in [0.25, 0.3) is 0 Å². The van der Waals surface area contributed by atoms with Crippen molar-refractivity contribution < 1.29 is 13.2 Å². The Balaban J connectivity index is 2.23. The summed E-state index contributed by atoms with van der Waals surface area (Å²) in [7, 11) is -3.63. The molecular weight excluding hydrogens is 416 g/mol. The first kappa shape index (κ1) is 21.4. The summed E-state index contributed by atoms with van der Waals surface area (Å²) >= 11 is 3.40. The lowest BCUT2D eigenvalue weighted by Crippen LogP contribution is -2.30. The van der Waals surface area contributed by atoms with Gasteiger partial charge in [0.15, 0.2) is 0 Å². The van der Waals surface area contributed by atoms with E-state index in [4.69, 9.17) is 0 Å². The van der Waals surface area contributed by atoms with Crippen molar-refractivity contribution in [3.05, 3.63) is 22.2 Å². The fourth-order valence-corrected chi connectivity index (χ4v) is 5.52. The molecule has 0 aromatic heterocycles. The van der Waals surface area contributed by atoms with E-state index < -0.39 is 10.0 Å². The van der Waals surface area contributed by atoms with Crippen LogP contribution in [0.4, 0.5) is 5.69 Å². The van der Waals surface area contributed by atoms with Crippen LogP contribution in [-0.4, -0.2) is 27.4 Å². The summed E-state index contributed by atoms with van der Waals surface area (Å²) < 4.78 is 29.0. The second kappa shape index (κ2) is 9.33. The molecule has 1 amide bonds. The van der Waals surface area contributed by atoms with Gasteiger partial charge in [-0.25, -0.2) is 13.1 Å². The first-order valence-corrected chi connectivity index (χ1v) is 11.7. The van der Waals surface area contributed by atoms with Gasteiger partial charge in [-0.3, -0.25) is 4.79 Å². The van der Waals surface area contributed by atoms with Crippen LogP contribution in [0, 0.1) is 5.92 Å². The van der Waals surface area contributed by atoms with Gasteiger partial charge in [0.2, 0.25) is 15.9 Å². The molecule has 1 aromatic carbocycles. The number of nitrogens with zero attached hydrogens (tertiary/aromatic N) is 1. The number of nitrogens with one attached hydrogen (secondary N) is 1. The highest BCUT2D eigenvalue weighted by Crippen LogP contribution is 2.35. The molecule has 0 unspecified atom stereocenters. The van der Waals surface area contributed by atoms with E-state index in [1.165, 1.54) is 0 Å². The van der Waals surface area contributed by atoms with Crippen molar-refractivity contribution in [1.82, 2.24) is 4.72 Å². The van der Waals surface area contributed by atoms with Gasteiger partial charge < -0.3 is 4.90 Å². The van der Waals surface area contributed by atoms with E-state index in [0.717, 1.165) is 43.4 Å². The molecule has 0 radical (unpaired) electrons. The molecule has 1 aromatic rings. The highest BCUT2D eigenvalue weighted by molar-refractivity contribution is 9.10. The smallest absolute Gasteiger partial charge is 0.241 e. The minimum atomic E-state index is -3.63. The van der Waals surface area contributed by atoms with E-state index in [2.05, 4.69) is 34.5 Å². The Morgan fingerprint density at radius 2 is 2.04 bits per heavy atom. The van der Waals surface area contributed by atoms with Crippen LogP contribution in [0.2, 0.25) is 0 Å². The molecule has 0 saturated carbocycles. The summed E-state index contributed by atoms with van der Waals surface area (Å²) in [6.07, 6.45) is 5.36. The third-order valence-corrected chi connectivity index (χ3v) is 7.41. The number of benzene rings is 1. The van der Waals surface area contributed by atoms with E-state index in [1.54, 1.807) is 11.0 Å². The molecule has 0 aliphatic carbocycles. The van der Waals surface area contributed by atoms with Gasteiger partial charge >= 0.3 is 0 Å². The summed E-state index contributed by atoms with van der Waals surface area (Å²) in [5.74, 6) is 0.365. The minimum absolute atomic E-state index is 0.0213. The standard InChI is InChI=1S/C19H29BrN2O3S/c1-4-7-8-14(5-2)13-21-26(24,25)18-12-17-15(11-16(18)20)9-10-22(17)19(23)6-3/h11-12,14,21H,4-10,13H2,1-3H3/t14-/m1/s1. The maximum Gasteiger partial charge on any atom is 0.241 e. The molecule has 0 fully saturated rings. The fraction of sp³-hybridized carbons (Fsp3) is 0.632. The van der Waals surface area contributed by atoms with Gasteiger partial charge in [-0.05, 0) is 52.4 Å². The Morgan fingerprint density at radius 1 is 1.31 bits per heavy atom. The van der Waals surface area contributed by atoms with Crippen LogP contribution >= 0.6 is 15.9 Å². The predicted octanol–water partition coefficient (Wildman–Crippen LogP) is 4.24. The quantitative estimate of drug-likeness (QED) is 0.618. The lowest BCUT2D eigenvalue weighted by atomic mass is 10.00. The van der Waals surface area contributed by atoms with Gasteiger partial charge in [0.05, 0.1) is 4.90 Å². The van der Waals surface area contributed by atoms with E-state index >= 15 is 0 Å². The molecule has 26 heavy (non-hydrogen) atoms. The van der Waals surface area contributed by atoms with Crippen LogP contribution in [0.3, 0.4) is 0 Å². The summed E-state index contributed by atoms with van der Waals surface area (Å²) in [4.78, 5) is 14.0. The fourth-order valence-electron chi connectivity index (χ4n) is 3.29. The zero-order valence-electron chi connectivity index (χ0n) is 15.8. The molecule has 1 aliphatic rings. The Hall–Kier alpha value is -0.920. The molecule has 1 aliphatic heterocycles. The third-order valence-electron chi connectivity index (χ3n) is 5.03. The average molecular weight is 445 g/mol. The number of halogens is 1. The predicted molar refractivity (Wildman–Crippen MR) is 109 cm³/mol. The lowest BCUT2D eigenvalue weighted by molar-refractivity contribution is -0.118. The third kappa shape index (κ3) is 4.87. The minimum Gasteiger partial charge on any atom is -0.312 e. The summed E-state index contributed by atoms with van der Waals surface area (Å²) in [5, 5.41) is 0. The summed E-state index contributed by atoms with van der Waals surface area (Å²) in [5.41, 5.74) is 1.73. The van der Waals surface area contributed by atoms with Crippen LogP contribution in [0.1, 0.15) is 58.4 Å². The topological polar surface area (TPSA) is 66.5 Å². The van der Waals surface area contributed by atoms with E-state index in [-0.39, 0.29) is 10.8 Å². The molecule has 1 heterocycles. The molecule has 0 spiro atoms. The van der Waals surface area contributed by atoms with Crippen molar-refractivity contribution >= 4 is 37.5 Å². The van der Waals surface area contributed by atoms with E-state index in [9.17, 15) is 13.2 Å². The number of hydrogen-bond acceptors (Lipinski definition) is 3. The maximum atomic E-state index is 12.8. The van der Waals surface area contributed by atoms with E-state index in [1.807, 2.05) is 13.0 Å². The Bertz CT molecular complexity index is 749. The average Bonchev–Trinajstić information content (AvgIpc) is 3.03. The monoisotopic (exact) mass is 444 g/mol. The van der Waals surface area contributed by atoms with Crippen molar-refractivity contribution in [3.63, 3.8) is 0 Å². The van der Waals surface area contributed by atoms with Crippen molar-refractivity contribution in [2.75, 3.05) is 18.0 Å². The van der Waals surface area contributed by atoms with Crippen molar-refractivity contribution in [3.8, 4) is 0 Å². The Labute approximate surface area is 165 Å². The van der Waals surface area contributed by atoms with Crippen molar-refractivity contribution in [1.29, 1.82) is 0 Å². The van der Waals surface area contributed by atoms with Crippen LogP contribution < -0.4 is 9.62 Å². The van der Waals surface area contributed by atoms with Gasteiger partial charge in [0, 0.05) is 29.7 Å². The molecule has 1 N–H and O–H groups in total. The van der Waals surface area contributed by atoms with Crippen LogP contribution in [0.5, 0.6) is 0 Å². The Kier molecular flexibility index (Phi) is 7.67. The van der Waals surface area contributed by atoms with Gasteiger partial charge in [-0.15, -0.1) is 0 Å². The Morgan fingerprint density at radius 3 is 2.65 bits per heavy atom. The maximum absolute atomic E-state index is 12.8. The van der Waals surface area contributed by atoms with Gasteiger partial charge in [0.1, 0.15) is 0 Å². The zero-order chi connectivity index (χ0) is 19.3. The first-order chi connectivity index (χ1) is 12.3. The normalized spacial score (nSPS) is 15.2. The van der Waals surface area contributed by atoms with Gasteiger partial charge in [0.25, 0.3) is 0 Å². The molecule has 0 bridgehead atoms. The number of rotatable bonds is 9. The number of hydrogen-bond donors (Lipinski definition) is 1. The molecule has 5 nitrogen and oxygen atoms in total. The molecule has 7 heteroatoms. The summed E-state index contributed by atoms with van der Waals surface area (Å²) in [6, 6.07) is 3.47. The highest BCUT2D eigenvalue weighted by Gasteiger charge is 2.28. The molecule has 146 valence electrons. The molecule has 2 rings (SSSR count). The second-order valence-electron chi connectivity index (χ2n) is 6.83. The van der Waals surface area contributed by atoms with Gasteiger partial charge in [-0.1, -0.05) is 40.0 Å². The SMILES string of the molecule is CCCC[C@@H](CC)CNS(=O)(=O)c1cc2c(cc1Br)CCN2C(=O)CC. The number of sulfonamides is 1. The van der Waals surface area contributed by atoms with Crippen LogP contribution in [0.15, 0.2) is 21.5 Å². The van der Waals surface area contributed by atoms with Crippen LogP contribution in [-0.2, 0) is 21.2 Å². The van der Waals surface area contributed by atoms with E-state index in [0.29, 0.717) is 29.9 Å². The number of amides is 1. The number of carbonyl (C=O) groups is 1. The number of carbonyl (C=O) groups excluding carboxylic acids is 1. The number of unbranched alkanes of at least 4 members (excludes halogenated alkanes) is 1. The summed E-state index contributed by atoms with van der Waals surface area (Å²) in [6.45, 7) is 7.11. The second-order valence-corrected chi connectivity index (χ2v) is 9.42. The highest BCUT2D eigenvalue weighted by atomic mass is 79.9. The van der Waals surface area contributed by atoms with Crippen molar-refractivity contribution in [2.24, 2.45) is 5.92 Å². The van der Waals surface area contributed by atoms with Crippen molar-refractivity contribution in [2.45, 2.75) is 64.2 Å². The van der Waals surface area contributed by atoms with Gasteiger partial charge in [-0.2, -0.15) is 0 Å². The largest absolute Gasteiger partial charge is 0.312 e. The number of fused-ring (bicyclic) bond motifs is 1.